The number of nitrogens with zero attached hydrogens (tertiary/aromatic N) is 1. The zero-order chi connectivity index (χ0) is 24.4. The maximum atomic E-state index is 13.0. The van der Waals surface area contributed by atoms with Gasteiger partial charge in [-0.25, -0.2) is 9.69 Å². The van der Waals surface area contributed by atoms with Gasteiger partial charge in [0.15, 0.2) is 0 Å². The van der Waals surface area contributed by atoms with Crippen LogP contribution >= 0.6 is 34.2 Å². The third-order valence-corrected chi connectivity index (χ3v) is 6.09. The van der Waals surface area contributed by atoms with Crippen LogP contribution in [0.5, 0.6) is 11.5 Å². The summed E-state index contributed by atoms with van der Waals surface area (Å²) in [6, 6.07) is 18.4. The van der Waals surface area contributed by atoms with Crippen molar-refractivity contribution in [2.45, 2.75) is 6.92 Å². The minimum Gasteiger partial charge on any atom is -0.497 e. The predicted octanol–water partition coefficient (Wildman–Crippen LogP) is 5.26. The number of imide groups is 1. The minimum absolute atomic E-state index is 0.0312. The summed E-state index contributed by atoms with van der Waals surface area (Å²) in [6.45, 7) is 1.82. The summed E-state index contributed by atoms with van der Waals surface area (Å²) >= 11 is 8.38. The van der Waals surface area contributed by atoms with E-state index in [-0.39, 0.29) is 10.7 Å². The molecule has 1 N–H and O–H groups in total. The highest BCUT2D eigenvalue weighted by Crippen LogP contribution is 2.32. The van der Waals surface area contributed by atoms with Crippen molar-refractivity contribution in [1.82, 2.24) is 0 Å². The quantitative estimate of drug-likeness (QED) is 0.183. The number of nitrogens with one attached hydrogen (secondary N) is 1. The lowest BCUT2D eigenvalue weighted by Crippen LogP contribution is -2.32. The Morgan fingerprint density at radius 1 is 0.971 bits per heavy atom. The van der Waals surface area contributed by atoms with Crippen molar-refractivity contribution in [2.24, 2.45) is 0 Å². The highest BCUT2D eigenvalue weighted by Gasteiger charge is 2.39. The smallest absolute Gasteiger partial charge is 0.343 e. The van der Waals surface area contributed by atoms with E-state index in [2.05, 4.69) is 27.9 Å². The van der Waals surface area contributed by atoms with Crippen molar-refractivity contribution in [2.75, 3.05) is 17.3 Å². The fourth-order valence-corrected chi connectivity index (χ4v) is 4.22. The number of rotatable bonds is 6. The van der Waals surface area contributed by atoms with E-state index in [9.17, 15) is 14.4 Å². The fourth-order valence-electron chi connectivity index (χ4n) is 3.36. The lowest BCUT2D eigenvalue weighted by Gasteiger charge is -2.17. The number of halogens is 2. The molecule has 3 aromatic carbocycles. The molecule has 0 spiro atoms. The second-order valence-corrected chi connectivity index (χ2v) is 8.96. The van der Waals surface area contributed by atoms with E-state index in [0.29, 0.717) is 28.4 Å². The molecule has 1 heterocycles. The first-order valence-electron chi connectivity index (χ1n) is 10.1. The molecular formula is C25H18ClIN2O5. The molecule has 7 nitrogen and oxygen atoms in total. The lowest BCUT2D eigenvalue weighted by atomic mass is 10.2. The molecule has 0 unspecified atom stereocenters. The zero-order valence-corrected chi connectivity index (χ0v) is 21.0. The largest absolute Gasteiger partial charge is 0.497 e. The van der Waals surface area contributed by atoms with Crippen LogP contribution < -0.4 is 19.7 Å². The summed E-state index contributed by atoms with van der Waals surface area (Å²) in [5.74, 6) is -0.785. The van der Waals surface area contributed by atoms with Gasteiger partial charge in [0.05, 0.1) is 18.4 Å². The SMILES string of the molecule is COc1cccc(OC(=O)c2ccc(NC3=C(Cl)C(=O)N(c4ccc(I)cc4C)C3=O)cc2)c1. The monoisotopic (exact) mass is 588 g/mol. The second-order valence-electron chi connectivity index (χ2n) is 7.34. The maximum absolute atomic E-state index is 13.0. The van der Waals surface area contributed by atoms with E-state index in [1.807, 2.05) is 19.1 Å². The van der Waals surface area contributed by atoms with Crippen LogP contribution in [0.15, 0.2) is 77.5 Å². The molecule has 4 rings (SSSR count). The van der Waals surface area contributed by atoms with Gasteiger partial charge >= 0.3 is 5.97 Å². The number of carbonyl (C=O) groups is 3. The molecular weight excluding hydrogens is 571 g/mol. The third-order valence-electron chi connectivity index (χ3n) is 5.07. The molecule has 1 aliphatic heterocycles. The third kappa shape index (κ3) is 4.78. The van der Waals surface area contributed by atoms with Crippen molar-refractivity contribution in [3.63, 3.8) is 0 Å². The summed E-state index contributed by atoms with van der Waals surface area (Å²) < 4.78 is 11.5. The topological polar surface area (TPSA) is 84.9 Å². The standard InChI is InChI=1S/C25H18ClIN2O5/c1-14-12-16(27)8-11-20(14)29-23(30)21(26)22(24(29)31)28-17-9-6-15(7-10-17)25(32)34-19-5-3-4-18(13-19)33-2/h3-13,28H,1-2H3. The number of amides is 2. The van der Waals surface area contributed by atoms with E-state index in [1.54, 1.807) is 54.6 Å². The second kappa shape index (κ2) is 9.86. The number of anilines is 2. The van der Waals surface area contributed by atoms with E-state index in [1.165, 1.54) is 7.11 Å². The number of ether oxygens (including phenoxy) is 2. The van der Waals surface area contributed by atoms with Gasteiger partial charge < -0.3 is 14.8 Å². The van der Waals surface area contributed by atoms with Crippen molar-refractivity contribution >= 4 is 63.4 Å². The van der Waals surface area contributed by atoms with Crippen LogP contribution in [0.3, 0.4) is 0 Å². The molecule has 34 heavy (non-hydrogen) atoms. The first-order chi connectivity index (χ1) is 16.3. The molecule has 0 bridgehead atoms. The summed E-state index contributed by atoms with van der Waals surface area (Å²) in [6.07, 6.45) is 0. The van der Waals surface area contributed by atoms with E-state index in [4.69, 9.17) is 21.1 Å². The highest BCUT2D eigenvalue weighted by atomic mass is 127. The molecule has 0 fully saturated rings. The molecule has 0 radical (unpaired) electrons. The maximum Gasteiger partial charge on any atom is 0.343 e. The molecule has 2 amide bonds. The van der Waals surface area contributed by atoms with Crippen LogP contribution in [0.1, 0.15) is 15.9 Å². The molecule has 0 aliphatic carbocycles. The minimum atomic E-state index is -0.600. The predicted molar refractivity (Wildman–Crippen MR) is 137 cm³/mol. The molecule has 0 saturated heterocycles. The number of benzene rings is 3. The average molecular weight is 589 g/mol. The van der Waals surface area contributed by atoms with Crippen LogP contribution in [-0.2, 0) is 9.59 Å². The zero-order valence-electron chi connectivity index (χ0n) is 18.1. The Morgan fingerprint density at radius 2 is 1.68 bits per heavy atom. The molecule has 0 saturated carbocycles. The van der Waals surface area contributed by atoms with Crippen molar-refractivity contribution in [3.05, 3.63) is 92.2 Å². The van der Waals surface area contributed by atoms with Crippen molar-refractivity contribution in [1.29, 1.82) is 0 Å². The summed E-state index contributed by atoms with van der Waals surface area (Å²) in [5, 5.41) is 2.69. The normalized spacial score (nSPS) is 13.4. The fraction of sp³-hybridized carbons (Fsp3) is 0.0800. The Hall–Kier alpha value is -3.37. The van der Waals surface area contributed by atoms with Gasteiger partial charge in [-0.2, -0.15) is 0 Å². The Bertz CT molecular complexity index is 1340. The van der Waals surface area contributed by atoms with Crippen LogP contribution in [0.2, 0.25) is 0 Å². The summed E-state index contributed by atoms with van der Waals surface area (Å²) in [7, 11) is 1.53. The van der Waals surface area contributed by atoms with Crippen LogP contribution in [0, 0.1) is 10.5 Å². The first kappa shape index (κ1) is 23.8. The van der Waals surface area contributed by atoms with E-state index in [0.717, 1.165) is 14.0 Å². The Balaban J connectivity index is 1.49. The van der Waals surface area contributed by atoms with Crippen molar-refractivity contribution < 1.29 is 23.9 Å². The number of hydrogen-bond donors (Lipinski definition) is 1. The lowest BCUT2D eigenvalue weighted by molar-refractivity contribution is -0.120. The Morgan fingerprint density at radius 3 is 2.35 bits per heavy atom. The Kier molecular flexibility index (Phi) is 6.90. The number of hydrogen-bond acceptors (Lipinski definition) is 6. The first-order valence-corrected chi connectivity index (χ1v) is 11.5. The summed E-state index contributed by atoms with van der Waals surface area (Å²) in [5.41, 5.74) is 2.00. The Labute approximate surface area is 214 Å². The molecule has 0 aromatic heterocycles. The van der Waals surface area contributed by atoms with E-state index >= 15 is 0 Å². The van der Waals surface area contributed by atoms with Gasteiger partial charge in [-0.3, -0.25) is 9.59 Å². The average Bonchev–Trinajstić information content (AvgIpc) is 3.03. The van der Waals surface area contributed by atoms with Gasteiger partial charge in [-0.05, 0) is 89.7 Å². The van der Waals surface area contributed by atoms with Gasteiger partial charge in [-0.1, -0.05) is 17.7 Å². The molecule has 1 aliphatic rings. The molecule has 172 valence electrons. The number of carbonyl (C=O) groups excluding carboxylic acids is 3. The highest BCUT2D eigenvalue weighted by molar-refractivity contribution is 14.1. The van der Waals surface area contributed by atoms with Gasteiger partial charge in [0, 0.05) is 15.3 Å². The molecule has 0 atom stereocenters. The summed E-state index contributed by atoms with van der Waals surface area (Å²) in [4.78, 5) is 39.2. The number of methoxy groups -OCH3 is 1. The van der Waals surface area contributed by atoms with Gasteiger partial charge in [0.25, 0.3) is 11.8 Å². The van der Waals surface area contributed by atoms with E-state index < -0.39 is 17.8 Å². The molecule has 3 aromatic rings. The van der Waals surface area contributed by atoms with Crippen LogP contribution in [-0.4, -0.2) is 24.9 Å². The van der Waals surface area contributed by atoms with Crippen LogP contribution in [0.4, 0.5) is 11.4 Å². The number of esters is 1. The van der Waals surface area contributed by atoms with Gasteiger partial charge in [-0.15, -0.1) is 0 Å². The molecule has 9 heteroatoms. The van der Waals surface area contributed by atoms with Gasteiger partial charge in [0.2, 0.25) is 0 Å². The van der Waals surface area contributed by atoms with Crippen molar-refractivity contribution in [3.8, 4) is 11.5 Å². The van der Waals surface area contributed by atoms with Crippen LogP contribution in [0.25, 0.3) is 0 Å². The van der Waals surface area contributed by atoms with Gasteiger partial charge in [0.1, 0.15) is 22.2 Å². The number of aryl methyl sites for hydroxylation is 1.